The zero-order valence-corrected chi connectivity index (χ0v) is 11.2. The van der Waals surface area contributed by atoms with Gasteiger partial charge in [-0.25, -0.2) is 9.97 Å². The van der Waals surface area contributed by atoms with E-state index in [4.69, 9.17) is 5.73 Å². The SMILES string of the molecule is NC(=O)c1cnc(C2(c3ccccc3)CCCC2)nc1. The standard InChI is InChI=1S/C16H17N3O/c17-14(20)12-10-18-15(19-11-12)16(8-4-5-9-16)13-6-2-1-3-7-13/h1-3,6-7,10-11H,4-5,8-9H2,(H2,17,20). The van der Waals surface area contributed by atoms with Crippen LogP contribution in [0.3, 0.4) is 0 Å². The van der Waals surface area contributed by atoms with Crippen LogP contribution >= 0.6 is 0 Å². The van der Waals surface area contributed by atoms with Crippen LogP contribution in [0.25, 0.3) is 0 Å². The minimum Gasteiger partial charge on any atom is -0.366 e. The lowest BCUT2D eigenvalue weighted by Crippen LogP contribution is -2.27. The number of carbonyl (C=O) groups is 1. The highest BCUT2D eigenvalue weighted by atomic mass is 16.1. The molecule has 20 heavy (non-hydrogen) atoms. The van der Waals surface area contributed by atoms with E-state index in [0.717, 1.165) is 18.7 Å². The Labute approximate surface area is 118 Å². The number of benzene rings is 1. The summed E-state index contributed by atoms with van der Waals surface area (Å²) >= 11 is 0. The molecular weight excluding hydrogens is 250 g/mol. The lowest BCUT2D eigenvalue weighted by Gasteiger charge is -2.27. The van der Waals surface area contributed by atoms with Crippen molar-refractivity contribution in [3.05, 3.63) is 59.7 Å². The van der Waals surface area contributed by atoms with Crippen molar-refractivity contribution in [1.29, 1.82) is 0 Å². The van der Waals surface area contributed by atoms with Gasteiger partial charge in [0.15, 0.2) is 0 Å². The van der Waals surface area contributed by atoms with E-state index >= 15 is 0 Å². The Balaban J connectivity index is 2.05. The maximum atomic E-state index is 11.1. The van der Waals surface area contributed by atoms with Gasteiger partial charge in [-0.05, 0) is 18.4 Å². The van der Waals surface area contributed by atoms with Gasteiger partial charge in [-0.1, -0.05) is 43.2 Å². The summed E-state index contributed by atoms with van der Waals surface area (Å²) in [5.74, 6) is 0.308. The van der Waals surface area contributed by atoms with Crippen molar-refractivity contribution >= 4 is 5.91 Å². The monoisotopic (exact) mass is 267 g/mol. The van der Waals surface area contributed by atoms with Gasteiger partial charge < -0.3 is 5.73 Å². The number of primary amides is 1. The predicted octanol–water partition coefficient (Wildman–Crippen LogP) is 2.44. The van der Waals surface area contributed by atoms with Gasteiger partial charge in [-0.15, -0.1) is 0 Å². The molecule has 0 atom stereocenters. The minimum absolute atomic E-state index is 0.114. The van der Waals surface area contributed by atoms with E-state index in [-0.39, 0.29) is 5.41 Å². The van der Waals surface area contributed by atoms with Gasteiger partial charge in [-0.2, -0.15) is 0 Å². The van der Waals surface area contributed by atoms with Crippen LogP contribution in [0, 0.1) is 0 Å². The number of aromatic nitrogens is 2. The molecule has 1 aromatic carbocycles. The van der Waals surface area contributed by atoms with Crippen LogP contribution in [0.15, 0.2) is 42.7 Å². The zero-order valence-electron chi connectivity index (χ0n) is 11.2. The first kappa shape index (κ1) is 12.8. The maximum Gasteiger partial charge on any atom is 0.251 e. The van der Waals surface area contributed by atoms with Crippen molar-refractivity contribution < 1.29 is 4.79 Å². The Morgan fingerprint density at radius 3 is 2.20 bits per heavy atom. The van der Waals surface area contributed by atoms with Crippen LogP contribution in [0.2, 0.25) is 0 Å². The molecule has 0 bridgehead atoms. The normalized spacial score (nSPS) is 17.0. The van der Waals surface area contributed by atoms with Gasteiger partial charge in [0.2, 0.25) is 0 Å². The number of carbonyl (C=O) groups excluding carboxylic acids is 1. The summed E-state index contributed by atoms with van der Waals surface area (Å²) in [6, 6.07) is 10.4. The fourth-order valence-corrected chi connectivity index (χ4v) is 3.08. The number of hydrogen-bond donors (Lipinski definition) is 1. The smallest absolute Gasteiger partial charge is 0.251 e. The molecule has 0 radical (unpaired) electrons. The Morgan fingerprint density at radius 1 is 1.05 bits per heavy atom. The number of nitrogens with two attached hydrogens (primary N) is 1. The van der Waals surface area contributed by atoms with Crippen molar-refractivity contribution in [1.82, 2.24) is 9.97 Å². The molecule has 1 aliphatic rings. The second-order valence-electron chi connectivity index (χ2n) is 5.31. The minimum atomic E-state index is -0.489. The predicted molar refractivity (Wildman–Crippen MR) is 76.2 cm³/mol. The van der Waals surface area contributed by atoms with Crippen LogP contribution in [-0.4, -0.2) is 15.9 Å². The lowest BCUT2D eigenvalue weighted by atomic mass is 9.78. The Morgan fingerprint density at radius 2 is 1.65 bits per heavy atom. The van der Waals surface area contributed by atoms with Gasteiger partial charge in [0.05, 0.1) is 11.0 Å². The Hall–Kier alpha value is -2.23. The molecule has 1 aliphatic carbocycles. The lowest BCUT2D eigenvalue weighted by molar-refractivity contribution is 0.0999. The Bertz CT molecular complexity index is 601. The first-order valence-corrected chi connectivity index (χ1v) is 6.90. The molecule has 0 aliphatic heterocycles. The molecule has 1 saturated carbocycles. The van der Waals surface area contributed by atoms with Crippen molar-refractivity contribution in [3.8, 4) is 0 Å². The van der Waals surface area contributed by atoms with Gasteiger partial charge in [0, 0.05) is 12.4 Å². The van der Waals surface area contributed by atoms with Crippen LogP contribution < -0.4 is 5.73 Å². The molecule has 1 amide bonds. The molecule has 0 saturated heterocycles. The largest absolute Gasteiger partial charge is 0.366 e. The first-order valence-electron chi connectivity index (χ1n) is 6.90. The summed E-state index contributed by atoms with van der Waals surface area (Å²) in [4.78, 5) is 20.0. The van der Waals surface area contributed by atoms with E-state index in [1.54, 1.807) is 0 Å². The summed E-state index contributed by atoms with van der Waals surface area (Å²) < 4.78 is 0. The average Bonchev–Trinajstić information content (AvgIpc) is 2.99. The van der Waals surface area contributed by atoms with Crippen LogP contribution in [-0.2, 0) is 5.41 Å². The average molecular weight is 267 g/mol. The third kappa shape index (κ3) is 2.07. The fourth-order valence-electron chi connectivity index (χ4n) is 3.08. The zero-order chi connectivity index (χ0) is 14.0. The molecule has 0 spiro atoms. The van der Waals surface area contributed by atoms with E-state index in [2.05, 4.69) is 22.1 Å². The molecule has 4 heteroatoms. The third-order valence-corrected chi connectivity index (χ3v) is 4.15. The highest BCUT2D eigenvalue weighted by Crippen LogP contribution is 2.44. The van der Waals surface area contributed by atoms with E-state index in [9.17, 15) is 4.79 Å². The topological polar surface area (TPSA) is 68.9 Å². The van der Waals surface area contributed by atoms with Gasteiger partial charge in [-0.3, -0.25) is 4.79 Å². The molecular formula is C16H17N3O. The van der Waals surface area contributed by atoms with Crippen molar-refractivity contribution in [2.24, 2.45) is 5.73 Å². The molecule has 1 aromatic heterocycles. The summed E-state index contributed by atoms with van der Waals surface area (Å²) in [5, 5.41) is 0. The summed E-state index contributed by atoms with van der Waals surface area (Å²) in [6.07, 6.45) is 7.52. The highest BCUT2D eigenvalue weighted by Gasteiger charge is 2.39. The number of rotatable bonds is 3. The fraction of sp³-hybridized carbons (Fsp3) is 0.312. The maximum absolute atomic E-state index is 11.1. The molecule has 2 aromatic rings. The van der Waals surface area contributed by atoms with Crippen molar-refractivity contribution in [3.63, 3.8) is 0 Å². The summed E-state index contributed by atoms with van der Waals surface area (Å²) in [5.41, 5.74) is 6.74. The Kier molecular flexibility index (Phi) is 3.22. The van der Waals surface area contributed by atoms with Crippen molar-refractivity contribution in [2.75, 3.05) is 0 Å². The second kappa shape index (κ2) is 5.04. The molecule has 1 fully saturated rings. The number of nitrogens with zero attached hydrogens (tertiary/aromatic N) is 2. The second-order valence-corrected chi connectivity index (χ2v) is 5.31. The van der Waals surface area contributed by atoms with E-state index < -0.39 is 5.91 Å². The number of amides is 1. The van der Waals surface area contributed by atoms with Gasteiger partial charge >= 0.3 is 0 Å². The molecule has 1 heterocycles. The molecule has 4 nitrogen and oxygen atoms in total. The van der Waals surface area contributed by atoms with Crippen LogP contribution in [0.4, 0.5) is 0 Å². The molecule has 2 N–H and O–H groups in total. The third-order valence-electron chi connectivity index (χ3n) is 4.15. The van der Waals surface area contributed by atoms with Crippen LogP contribution in [0.5, 0.6) is 0 Å². The molecule has 0 unspecified atom stereocenters. The van der Waals surface area contributed by atoms with Crippen LogP contribution in [0.1, 0.15) is 47.4 Å². The first-order chi connectivity index (χ1) is 9.72. The van der Waals surface area contributed by atoms with E-state index in [0.29, 0.717) is 5.56 Å². The van der Waals surface area contributed by atoms with Gasteiger partial charge in [0.1, 0.15) is 5.82 Å². The summed E-state index contributed by atoms with van der Waals surface area (Å²) in [6.45, 7) is 0. The van der Waals surface area contributed by atoms with E-state index in [1.807, 2.05) is 18.2 Å². The molecule has 3 rings (SSSR count). The van der Waals surface area contributed by atoms with E-state index in [1.165, 1.54) is 30.8 Å². The quantitative estimate of drug-likeness (QED) is 0.928. The highest BCUT2D eigenvalue weighted by molar-refractivity contribution is 5.92. The molecule has 102 valence electrons. The van der Waals surface area contributed by atoms with Gasteiger partial charge in [0.25, 0.3) is 5.91 Å². The van der Waals surface area contributed by atoms with Crippen molar-refractivity contribution in [2.45, 2.75) is 31.1 Å². The number of hydrogen-bond acceptors (Lipinski definition) is 3. The summed E-state index contributed by atoms with van der Waals surface area (Å²) in [7, 11) is 0.